The fourth-order valence-electron chi connectivity index (χ4n) is 3.45. The summed E-state index contributed by atoms with van der Waals surface area (Å²) in [6.07, 6.45) is 0. The number of amides is 1. The molecule has 0 aliphatic rings. The highest BCUT2D eigenvalue weighted by atomic mass is 16.5. The van der Waals surface area contributed by atoms with Gasteiger partial charge in [0, 0.05) is 22.7 Å². The fraction of sp³-hybridized carbons (Fsp3) is 0.115. The maximum Gasteiger partial charge on any atom is 0.272 e. The van der Waals surface area contributed by atoms with Crippen molar-refractivity contribution in [3.05, 3.63) is 89.6 Å². The summed E-state index contributed by atoms with van der Waals surface area (Å²) in [6.45, 7) is 2.19. The van der Waals surface area contributed by atoms with Gasteiger partial charge in [0.05, 0.1) is 12.8 Å². The minimum Gasteiger partial charge on any atom is -0.493 e. The maximum atomic E-state index is 12.9. The second-order valence-electron chi connectivity index (χ2n) is 7.79. The predicted molar refractivity (Wildman–Crippen MR) is 138 cm³/mol. The number of aromatic amines is 1. The van der Waals surface area contributed by atoms with E-state index in [1.165, 1.54) is 0 Å². The first-order valence-electron chi connectivity index (χ1n) is 10.9. The van der Waals surface area contributed by atoms with Crippen LogP contribution in [0.15, 0.2) is 83.0 Å². The number of hydrogen-bond donors (Lipinski definition) is 4. The van der Waals surface area contributed by atoms with E-state index in [2.05, 4.69) is 20.5 Å². The molecule has 9 heteroatoms. The predicted octanol–water partition coefficient (Wildman–Crippen LogP) is 4.01. The average molecular weight is 471 g/mol. The summed E-state index contributed by atoms with van der Waals surface area (Å²) in [5.41, 5.74) is 14.9. The summed E-state index contributed by atoms with van der Waals surface area (Å²) in [4.78, 5) is 16.0. The Morgan fingerprint density at radius 2 is 1.71 bits per heavy atom. The van der Waals surface area contributed by atoms with E-state index in [9.17, 15) is 4.79 Å². The smallest absolute Gasteiger partial charge is 0.272 e. The van der Waals surface area contributed by atoms with Crippen molar-refractivity contribution in [2.75, 3.05) is 12.4 Å². The summed E-state index contributed by atoms with van der Waals surface area (Å²) in [5, 5.41) is 11.3. The second kappa shape index (κ2) is 10.4. The first kappa shape index (κ1) is 23.4. The third-order valence-electron chi connectivity index (χ3n) is 5.26. The number of anilines is 1. The number of nitrogens with one attached hydrogen (secondary N) is 2. The molecule has 1 aromatic heterocycles. The third kappa shape index (κ3) is 5.77. The summed E-state index contributed by atoms with van der Waals surface area (Å²) >= 11 is 0. The molecule has 0 fully saturated rings. The van der Waals surface area contributed by atoms with Crippen molar-refractivity contribution in [2.45, 2.75) is 13.5 Å². The topological polar surface area (TPSA) is 140 Å². The van der Waals surface area contributed by atoms with Gasteiger partial charge >= 0.3 is 0 Å². The van der Waals surface area contributed by atoms with Gasteiger partial charge in [-0.3, -0.25) is 4.79 Å². The molecule has 0 saturated carbocycles. The molecule has 9 nitrogen and oxygen atoms in total. The Hall–Kier alpha value is -4.79. The summed E-state index contributed by atoms with van der Waals surface area (Å²) in [5.74, 6) is 0.795. The van der Waals surface area contributed by atoms with E-state index in [0.29, 0.717) is 35.2 Å². The quantitative estimate of drug-likeness (QED) is 0.175. The zero-order valence-electron chi connectivity index (χ0n) is 19.4. The van der Waals surface area contributed by atoms with E-state index in [1.54, 1.807) is 32.2 Å². The Labute approximate surface area is 202 Å². The number of aromatic nitrogens is 1. The number of fused-ring (bicyclic) bond motifs is 1. The lowest BCUT2D eigenvalue weighted by Crippen LogP contribution is -2.22. The van der Waals surface area contributed by atoms with E-state index >= 15 is 0 Å². The van der Waals surface area contributed by atoms with Crippen LogP contribution in [0.25, 0.3) is 10.9 Å². The molecule has 0 aliphatic carbocycles. The molecule has 0 atom stereocenters. The maximum absolute atomic E-state index is 12.9. The minimum atomic E-state index is -0.273. The van der Waals surface area contributed by atoms with E-state index in [1.807, 2.05) is 54.6 Å². The van der Waals surface area contributed by atoms with Crippen LogP contribution in [0.1, 0.15) is 28.5 Å². The number of ether oxygens (including phenoxy) is 2. The molecule has 0 bridgehead atoms. The number of H-pyrrole nitrogens is 1. The molecule has 178 valence electrons. The standard InChI is InChI=1S/C26H26N6O3/c1-16(31-32-26(27)28)18-8-10-20(11-9-18)29-25(33)22-12-19-13-23(34-2)24(14-21(19)30-22)35-15-17-6-4-3-5-7-17/h3-14,30H,15H2,1-2H3,(H,29,33)(H4,27,28,32)/b31-16-. The van der Waals surface area contributed by atoms with Crippen LogP contribution in [0.5, 0.6) is 11.5 Å². The van der Waals surface area contributed by atoms with Crippen LogP contribution in [0.3, 0.4) is 0 Å². The lowest BCUT2D eigenvalue weighted by Gasteiger charge is -2.11. The van der Waals surface area contributed by atoms with E-state index in [4.69, 9.17) is 20.9 Å². The van der Waals surface area contributed by atoms with Crippen LogP contribution < -0.4 is 26.3 Å². The van der Waals surface area contributed by atoms with Crippen molar-refractivity contribution < 1.29 is 14.3 Å². The minimum absolute atomic E-state index is 0.112. The van der Waals surface area contributed by atoms with Gasteiger partial charge in [-0.2, -0.15) is 5.10 Å². The van der Waals surface area contributed by atoms with Crippen molar-refractivity contribution in [3.63, 3.8) is 0 Å². The van der Waals surface area contributed by atoms with Crippen LogP contribution in [0.2, 0.25) is 0 Å². The van der Waals surface area contributed by atoms with E-state index in [-0.39, 0.29) is 11.9 Å². The van der Waals surface area contributed by atoms with Crippen LogP contribution in [0.4, 0.5) is 5.69 Å². The fourth-order valence-corrected chi connectivity index (χ4v) is 3.45. The Balaban J connectivity index is 1.49. The molecule has 35 heavy (non-hydrogen) atoms. The number of carbonyl (C=O) groups excluding carboxylic acids is 1. The normalized spacial score (nSPS) is 11.2. The van der Waals surface area contributed by atoms with Gasteiger partial charge in [-0.1, -0.05) is 42.5 Å². The van der Waals surface area contributed by atoms with Gasteiger partial charge in [-0.15, -0.1) is 5.10 Å². The van der Waals surface area contributed by atoms with Crippen molar-refractivity contribution in [3.8, 4) is 11.5 Å². The summed E-state index contributed by atoms with van der Waals surface area (Å²) < 4.78 is 11.5. The largest absolute Gasteiger partial charge is 0.493 e. The van der Waals surface area contributed by atoms with Gasteiger partial charge in [0.15, 0.2) is 11.5 Å². The highest BCUT2D eigenvalue weighted by molar-refractivity contribution is 6.06. The number of nitrogens with zero attached hydrogens (tertiary/aromatic N) is 2. The number of methoxy groups -OCH3 is 1. The molecular weight excluding hydrogens is 444 g/mol. The molecule has 0 spiro atoms. The first-order valence-corrected chi connectivity index (χ1v) is 10.9. The van der Waals surface area contributed by atoms with Gasteiger partial charge in [0.1, 0.15) is 12.3 Å². The zero-order chi connectivity index (χ0) is 24.8. The Bertz CT molecular complexity index is 1390. The molecule has 0 saturated heterocycles. The number of benzene rings is 3. The van der Waals surface area contributed by atoms with Gasteiger partial charge < -0.3 is 31.2 Å². The molecule has 4 aromatic rings. The molecule has 0 aliphatic heterocycles. The number of rotatable bonds is 8. The molecule has 1 amide bonds. The van der Waals surface area contributed by atoms with Gasteiger partial charge in [-0.25, -0.2) is 0 Å². The molecule has 0 unspecified atom stereocenters. The highest BCUT2D eigenvalue weighted by Gasteiger charge is 2.14. The SMILES string of the molecule is COc1cc2cc(C(=O)Nc3ccc(/C(C)=N\N=C(N)N)cc3)[nH]c2cc1OCc1ccccc1. The number of hydrogen-bond acceptors (Lipinski definition) is 5. The molecular formula is C26H26N6O3. The highest BCUT2D eigenvalue weighted by Crippen LogP contribution is 2.33. The van der Waals surface area contributed by atoms with Gasteiger partial charge in [0.2, 0.25) is 5.96 Å². The first-order chi connectivity index (χ1) is 16.9. The number of nitrogens with two attached hydrogens (primary N) is 2. The van der Waals surface area contributed by atoms with Crippen molar-refractivity contribution in [1.82, 2.24) is 4.98 Å². The Morgan fingerprint density at radius 1 is 0.971 bits per heavy atom. The van der Waals surface area contributed by atoms with Crippen LogP contribution in [-0.2, 0) is 6.61 Å². The van der Waals surface area contributed by atoms with E-state index < -0.39 is 0 Å². The van der Waals surface area contributed by atoms with Crippen LogP contribution in [-0.4, -0.2) is 29.7 Å². The van der Waals surface area contributed by atoms with Crippen molar-refractivity contribution >= 4 is 34.2 Å². The lowest BCUT2D eigenvalue weighted by atomic mass is 10.1. The van der Waals surface area contributed by atoms with E-state index in [0.717, 1.165) is 22.0 Å². The Morgan fingerprint density at radius 3 is 2.40 bits per heavy atom. The molecule has 4 rings (SSSR count). The number of carbonyl (C=O) groups is 1. The zero-order valence-corrected chi connectivity index (χ0v) is 19.4. The molecule has 1 heterocycles. The summed E-state index contributed by atoms with van der Waals surface area (Å²) in [7, 11) is 1.59. The summed E-state index contributed by atoms with van der Waals surface area (Å²) in [6, 6.07) is 22.5. The number of guanidine groups is 1. The molecule has 6 N–H and O–H groups in total. The average Bonchev–Trinajstić information content (AvgIpc) is 3.29. The lowest BCUT2D eigenvalue weighted by molar-refractivity contribution is 0.102. The molecule has 0 radical (unpaired) electrons. The van der Waals surface area contributed by atoms with Crippen LogP contribution >= 0.6 is 0 Å². The van der Waals surface area contributed by atoms with Gasteiger partial charge in [0.25, 0.3) is 5.91 Å². The van der Waals surface area contributed by atoms with Gasteiger partial charge in [-0.05, 0) is 42.3 Å². The third-order valence-corrected chi connectivity index (χ3v) is 5.26. The van der Waals surface area contributed by atoms with Crippen molar-refractivity contribution in [2.24, 2.45) is 21.7 Å². The Kier molecular flexibility index (Phi) is 6.96. The molecule has 3 aromatic carbocycles. The van der Waals surface area contributed by atoms with Crippen LogP contribution in [0, 0.1) is 0 Å². The van der Waals surface area contributed by atoms with Crippen molar-refractivity contribution in [1.29, 1.82) is 0 Å². The monoisotopic (exact) mass is 470 g/mol. The second-order valence-corrected chi connectivity index (χ2v) is 7.79.